The van der Waals surface area contributed by atoms with Crippen LogP contribution in [0.3, 0.4) is 0 Å². The molecule has 0 heterocycles. The van der Waals surface area contributed by atoms with Gasteiger partial charge in [-0.3, -0.25) is 0 Å². The lowest BCUT2D eigenvalue weighted by molar-refractivity contribution is 0.581. The van der Waals surface area contributed by atoms with Crippen LogP contribution in [-0.2, 0) is 16.6 Å². The van der Waals surface area contributed by atoms with Gasteiger partial charge in [0.05, 0.1) is 5.69 Å². The second kappa shape index (κ2) is 5.83. The number of rotatable bonds is 4. The molecule has 0 aliphatic heterocycles. The fraction of sp³-hybridized carbons (Fsp3) is 0.200. The Morgan fingerprint density at radius 1 is 1.14 bits per heavy atom. The van der Waals surface area contributed by atoms with Gasteiger partial charge >= 0.3 is 0 Å². The number of nitrogens with one attached hydrogen (secondary N) is 1. The average molecular weight is 308 g/mol. The van der Waals surface area contributed by atoms with Gasteiger partial charge < -0.3 is 5.73 Å². The zero-order valence-corrected chi connectivity index (χ0v) is 12.7. The van der Waals surface area contributed by atoms with Crippen molar-refractivity contribution in [2.24, 2.45) is 0 Å². The number of nitrogen functional groups attached to an aromatic ring is 1. The van der Waals surface area contributed by atoms with Crippen molar-refractivity contribution in [1.82, 2.24) is 4.72 Å². The van der Waals surface area contributed by atoms with Crippen molar-refractivity contribution in [1.29, 1.82) is 0 Å². The highest BCUT2D eigenvalue weighted by Crippen LogP contribution is 2.18. The molecule has 0 aliphatic rings. The molecule has 0 saturated heterocycles. The number of hydrogen-bond acceptors (Lipinski definition) is 3. The van der Waals surface area contributed by atoms with Crippen LogP contribution in [0.5, 0.6) is 0 Å². The maximum Gasteiger partial charge on any atom is 0.242 e. The summed E-state index contributed by atoms with van der Waals surface area (Å²) in [5.74, 6) is -0.270. The van der Waals surface area contributed by atoms with E-state index < -0.39 is 10.0 Å². The van der Waals surface area contributed by atoms with Crippen LogP contribution in [0.4, 0.5) is 10.1 Å². The van der Waals surface area contributed by atoms with Crippen molar-refractivity contribution < 1.29 is 12.8 Å². The van der Waals surface area contributed by atoms with Gasteiger partial charge in [-0.1, -0.05) is 24.3 Å². The first-order valence-electron chi connectivity index (χ1n) is 6.41. The van der Waals surface area contributed by atoms with E-state index in [0.29, 0.717) is 16.7 Å². The summed E-state index contributed by atoms with van der Waals surface area (Å²) in [6.07, 6.45) is 0. The summed E-state index contributed by atoms with van der Waals surface area (Å²) in [6, 6.07) is 9.50. The van der Waals surface area contributed by atoms with Gasteiger partial charge in [0.15, 0.2) is 0 Å². The highest BCUT2D eigenvalue weighted by molar-refractivity contribution is 7.89. The predicted molar refractivity (Wildman–Crippen MR) is 80.8 cm³/mol. The molecule has 0 fully saturated rings. The lowest BCUT2D eigenvalue weighted by atomic mass is 10.1. The topological polar surface area (TPSA) is 72.2 Å². The lowest BCUT2D eigenvalue weighted by Crippen LogP contribution is -2.24. The molecule has 3 N–H and O–H groups in total. The number of para-hydroxylation sites is 1. The molecule has 0 unspecified atom stereocenters. The number of benzene rings is 2. The van der Waals surface area contributed by atoms with Crippen LogP contribution in [0, 0.1) is 19.7 Å². The number of nitrogens with two attached hydrogens (primary N) is 1. The van der Waals surface area contributed by atoms with E-state index in [2.05, 4.69) is 4.72 Å². The Morgan fingerprint density at radius 2 is 1.71 bits per heavy atom. The van der Waals surface area contributed by atoms with E-state index in [-0.39, 0.29) is 22.9 Å². The first kappa shape index (κ1) is 15.5. The quantitative estimate of drug-likeness (QED) is 0.852. The fourth-order valence-electron chi connectivity index (χ4n) is 2.12. The van der Waals surface area contributed by atoms with E-state index in [1.54, 1.807) is 38.1 Å². The first-order chi connectivity index (χ1) is 9.81. The van der Waals surface area contributed by atoms with Gasteiger partial charge in [-0.25, -0.2) is 17.5 Å². The molecular formula is C15H17FN2O2S. The van der Waals surface area contributed by atoms with E-state index >= 15 is 0 Å². The molecule has 0 aromatic heterocycles. The zero-order valence-electron chi connectivity index (χ0n) is 11.9. The Balaban J connectivity index is 2.22. The fourth-order valence-corrected chi connectivity index (χ4v) is 3.27. The smallest absolute Gasteiger partial charge is 0.242 e. The van der Waals surface area contributed by atoms with Crippen LogP contribution in [0.25, 0.3) is 0 Å². The summed E-state index contributed by atoms with van der Waals surface area (Å²) in [7, 11) is -3.69. The number of anilines is 1. The van der Waals surface area contributed by atoms with Crippen LogP contribution in [0.2, 0.25) is 0 Å². The van der Waals surface area contributed by atoms with E-state index in [4.69, 9.17) is 5.73 Å². The monoisotopic (exact) mass is 308 g/mol. The normalized spacial score (nSPS) is 11.6. The average Bonchev–Trinajstić information content (AvgIpc) is 2.43. The molecular weight excluding hydrogens is 291 g/mol. The molecule has 0 saturated carbocycles. The largest absolute Gasteiger partial charge is 0.398 e. The molecule has 2 aromatic carbocycles. The van der Waals surface area contributed by atoms with E-state index in [9.17, 15) is 12.8 Å². The molecule has 2 rings (SSSR count). The summed E-state index contributed by atoms with van der Waals surface area (Å²) >= 11 is 0. The number of hydrogen-bond donors (Lipinski definition) is 2. The van der Waals surface area contributed by atoms with Crippen LogP contribution in [-0.4, -0.2) is 8.42 Å². The Bertz CT molecular complexity index is 750. The summed E-state index contributed by atoms with van der Waals surface area (Å²) in [5.41, 5.74) is 7.54. The lowest BCUT2D eigenvalue weighted by Gasteiger charge is -2.10. The Labute approximate surface area is 123 Å². The van der Waals surface area contributed by atoms with E-state index in [0.717, 1.165) is 0 Å². The summed E-state index contributed by atoms with van der Waals surface area (Å²) in [4.78, 5) is 0.0422. The molecule has 21 heavy (non-hydrogen) atoms. The minimum atomic E-state index is -3.69. The first-order valence-corrected chi connectivity index (χ1v) is 7.89. The van der Waals surface area contributed by atoms with Crippen molar-refractivity contribution >= 4 is 15.7 Å². The van der Waals surface area contributed by atoms with Crippen molar-refractivity contribution in [2.45, 2.75) is 25.3 Å². The maximum absolute atomic E-state index is 13.5. The maximum atomic E-state index is 13.5. The molecule has 0 spiro atoms. The molecule has 0 bridgehead atoms. The number of halogens is 1. The van der Waals surface area contributed by atoms with Gasteiger partial charge in [-0.15, -0.1) is 0 Å². The Hall–Kier alpha value is -1.92. The summed E-state index contributed by atoms with van der Waals surface area (Å²) < 4.78 is 40.4. The molecule has 0 aliphatic carbocycles. The van der Waals surface area contributed by atoms with Gasteiger partial charge in [0.1, 0.15) is 10.7 Å². The van der Waals surface area contributed by atoms with Gasteiger partial charge in [-0.05, 0) is 42.7 Å². The molecule has 0 atom stereocenters. The van der Waals surface area contributed by atoms with Crippen molar-refractivity contribution in [3.05, 3.63) is 58.9 Å². The second-order valence-electron chi connectivity index (χ2n) is 4.91. The summed E-state index contributed by atoms with van der Waals surface area (Å²) in [5, 5.41) is 0. The van der Waals surface area contributed by atoms with E-state index in [1.165, 1.54) is 12.1 Å². The van der Waals surface area contributed by atoms with Crippen LogP contribution >= 0.6 is 0 Å². The van der Waals surface area contributed by atoms with Crippen molar-refractivity contribution in [3.63, 3.8) is 0 Å². The van der Waals surface area contributed by atoms with Gasteiger partial charge in [0.2, 0.25) is 10.0 Å². The third kappa shape index (κ3) is 3.40. The molecule has 0 radical (unpaired) electrons. The standard InChI is InChI=1S/C15H17FN2O2S/c1-10-7-12(8-11(2)15(10)16)9-18-21(19,20)14-6-4-3-5-13(14)17/h3-8,18H,9,17H2,1-2H3. The number of aryl methyl sites for hydroxylation is 2. The third-order valence-corrected chi connectivity index (χ3v) is 4.65. The molecule has 112 valence electrons. The van der Waals surface area contributed by atoms with Crippen LogP contribution in [0.15, 0.2) is 41.3 Å². The summed E-state index contributed by atoms with van der Waals surface area (Å²) in [6.45, 7) is 3.38. The Kier molecular flexibility index (Phi) is 4.29. The molecule has 0 amide bonds. The third-order valence-electron chi connectivity index (χ3n) is 3.17. The van der Waals surface area contributed by atoms with E-state index in [1.807, 2.05) is 0 Å². The molecule has 4 nitrogen and oxygen atoms in total. The molecule has 6 heteroatoms. The number of sulfonamides is 1. The molecule has 2 aromatic rings. The van der Waals surface area contributed by atoms with Crippen LogP contribution < -0.4 is 10.5 Å². The minimum absolute atomic E-state index is 0.0422. The highest BCUT2D eigenvalue weighted by atomic mass is 32.2. The highest BCUT2D eigenvalue weighted by Gasteiger charge is 2.16. The van der Waals surface area contributed by atoms with Gasteiger partial charge in [0, 0.05) is 6.54 Å². The predicted octanol–water partition coefficient (Wildman–Crippen LogP) is 2.50. The SMILES string of the molecule is Cc1cc(CNS(=O)(=O)c2ccccc2N)cc(C)c1F. The van der Waals surface area contributed by atoms with Gasteiger partial charge in [0.25, 0.3) is 0 Å². The zero-order chi connectivity index (χ0) is 15.6. The Morgan fingerprint density at radius 3 is 2.29 bits per heavy atom. The minimum Gasteiger partial charge on any atom is -0.398 e. The van der Waals surface area contributed by atoms with Crippen LogP contribution in [0.1, 0.15) is 16.7 Å². The second-order valence-corrected chi connectivity index (χ2v) is 6.64. The van der Waals surface area contributed by atoms with Crippen molar-refractivity contribution in [2.75, 3.05) is 5.73 Å². The van der Waals surface area contributed by atoms with Gasteiger partial charge in [-0.2, -0.15) is 0 Å². The van der Waals surface area contributed by atoms with Crippen molar-refractivity contribution in [3.8, 4) is 0 Å².